The number of rotatable bonds is 10. The standard InChI is InChI=1S/C25H22F4N4O3/c26-20-13-31-24(15-2-4-17(5-3-15)25(27,28)29)33-22(20)14-30-8-1-9-36-19-6-7-21-16(11-19)10-18(32-21)12-23(34)35/h2-7,10-11,13,30,32H,1,8-9,12,14H2,(H,34,35). The monoisotopic (exact) mass is 502 g/mol. The van der Waals surface area contributed by atoms with Crippen LogP contribution in [0.1, 0.15) is 23.4 Å². The molecule has 0 saturated heterocycles. The van der Waals surface area contributed by atoms with Gasteiger partial charge in [-0.15, -0.1) is 0 Å². The quantitative estimate of drug-likeness (QED) is 0.209. The number of benzene rings is 2. The first-order valence-electron chi connectivity index (χ1n) is 11.0. The van der Waals surface area contributed by atoms with Crippen molar-refractivity contribution in [1.29, 1.82) is 0 Å². The summed E-state index contributed by atoms with van der Waals surface area (Å²) in [6, 6.07) is 11.6. The average molecular weight is 502 g/mol. The molecule has 36 heavy (non-hydrogen) atoms. The van der Waals surface area contributed by atoms with E-state index in [-0.39, 0.29) is 24.5 Å². The largest absolute Gasteiger partial charge is 0.494 e. The van der Waals surface area contributed by atoms with Gasteiger partial charge < -0.3 is 20.1 Å². The van der Waals surface area contributed by atoms with E-state index in [4.69, 9.17) is 9.84 Å². The van der Waals surface area contributed by atoms with Gasteiger partial charge in [-0.1, -0.05) is 12.1 Å². The molecule has 2 aromatic carbocycles. The first-order valence-corrected chi connectivity index (χ1v) is 11.0. The van der Waals surface area contributed by atoms with Gasteiger partial charge >= 0.3 is 12.1 Å². The molecule has 3 N–H and O–H groups in total. The summed E-state index contributed by atoms with van der Waals surface area (Å²) in [5.74, 6) is -0.747. The summed E-state index contributed by atoms with van der Waals surface area (Å²) in [5, 5.41) is 12.8. The molecule has 188 valence electrons. The van der Waals surface area contributed by atoms with Crippen LogP contribution in [0.2, 0.25) is 0 Å². The molecule has 4 aromatic rings. The highest BCUT2D eigenvalue weighted by molar-refractivity contribution is 5.83. The van der Waals surface area contributed by atoms with Gasteiger partial charge in [-0.05, 0) is 49.4 Å². The maximum absolute atomic E-state index is 14.1. The fourth-order valence-corrected chi connectivity index (χ4v) is 3.59. The number of hydrogen-bond donors (Lipinski definition) is 3. The van der Waals surface area contributed by atoms with Crippen molar-refractivity contribution in [2.24, 2.45) is 0 Å². The van der Waals surface area contributed by atoms with Gasteiger partial charge in [-0.25, -0.2) is 14.4 Å². The number of carbonyl (C=O) groups is 1. The molecule has 0 saturated carbocycles. The number of aliphatic carboxylic acids is 1. The van der Waals surface area contributed by atoms with E-state index in [1.54, 1.807) is 12.1 Å². The van der Waals surface area contributed by atoms with E-state index in [0.717, 1.165) is 29.2 Å². The summed E-state index contributed by atoms with van der Waals surface area (Å²) >= 11 is 0. The molecule has 0 amide bonds. The minimum absolute atomic E-state index is 0.0880. The second-order valence-electron chi connectivity index (χ2n) is 8.06. The van der Waals surface area contributed by atoms with E-state index in [2.05, 4.69) is 20.3 Å². The molecule has 0 aliphatic heterocycles. The van der Waals surface area contributed by atoms with E-state index in [0.29, 0.717) is 36.6 Å². The van der Waals surface area contributed by atoms with Crippen molar-refractivity contribution < 1.29 is 32.2 Å². The second kappa shape index (κ2) is 10.7. The van der Waals surface area contributed by atoms with Gasteiger partial charge in [0.1, 0.15) is 5.75 Å². The van der Waals surface area contributed by atoms with Gasteiger partial charge in [-0.2, -0.15) is 13.2 Å². The molecule has 0 aliphatic rings. The van der Waals surface area contributed by atoms with Crippen LogP contribution in [0, 0.1) is 5.82 Å². The molecule has 0 atom stereocenters. The molecule has 7 nitrogen and oxygen atoms in total. The number of fused-ring (bicyclic) bond motifs is 1. The number of aromatic nitrogens is 3. The van der Waals surface area contributed by atoms with Crippen molar-refractivity contribution in [3.8, 4) is 17.1 Å². The van der Waals surface area contributed by atoms with Crippen LogP contribution in [0.4, 0.5) is 17.6 Å². The number of alkyl halides is 3. The Morgan fingerprint density at radius 2 is 1.89 bits per heavy atom. The first-order chi connectivity index (χ1) is 17.2. The van der Waals surface area contributed by atoms with Crippen LogP contribution in [0.5, 0.6) is 5.75 Å². The molecule has 0 unspecified atom stereocenters. The molecule has 0 aliphatic carbocycles. The van der Waals surface area contributed by atoms with E-state index in [9.17, 15) is 22.4 Å². The number of H-pyrrole nitrogens is 1. The molecule has 0 spiro atoms. The van der Waals surface area contributed by atoms with Crippen molar-refractivity contribution >= 4 is 16.9 Å². The zero-order chi connectivity index (χ0) is 25.7. The highest BCUT2D eigenvalue weighted by Gasteiger charge is 2.30. The lowest BCUT2D eigenvalue weighted by atomic mass is 10.1. The van der Waals surface area contributed by atoms with Crippen molar-refractivity contribution in [1.82, 2.24) is 20.3 Å². The highest BCUT2D eigenvalue weighted by Crippen LogP contribution is 2.30. The Morgan fingerprint density at radius 3 is 2.61 bits per heavy atom. The lowest BCUT2D eigenvalue weighted by Crippen LogP contribution is -2.19. The molecule has 4 rings (SSSR count). The van der Waals surface area contributed by atoms with Crippen LogP contribution in [-0.2, 0) is 23.9 Å². The normalized spacial score (nSPS) is 11.7. The van der Waals surface area contributed by atoms with Crippen molar-refractivity contribution in [3.63, 3.8) is 0 Å². The van der Waals surface area contributed by atoms with Crippen LogP contribution >= 0.6 is 0 Å². The van der Waals surface area contributed by atoms with Crippen molar-refractivity contribution in [3.05, 3.63) is 77.5 Å². The Hall–Kier alpha value is -3.99. The summed E-state index contributed by atoms with van der Waals surface area (Å²) in [6.07, 6.45) is -2.91. The molecular weight excluding hydrogens is 480 g/mol. The molecule has 2 heterocycles. The minimum Gasteiger partial charge on any atom is -0.494 e. The van der Waals surface area contributed by atoms with Gasteiger partial charge in [0, 0.05) is 28.7 Å². The van der Waals surface area contributed by atoms with Crippen LogP contribution in [-0.4, -0.2) is 39.2 Å². The Balaban J connectivity index is 1.26. The lowest BCUT2D eigenvalue weighted by Gasteiger charge is -2.09. The Morgan fingerprint density at radius 1 is 1.11 bits per heavy atom. The minimum atomic E-state index is -4.44. The van der Waals surface area contributed by atoms with E-state index >= 15 is 0 Å². The first kappa shape index (κ1) is 25.1. The van der Waals surface area contributed by atoms with Crippen molar-refractivity contribution in [2.75, 3.05) is 13.2 Å². The fraction of sp³-hybridized carbons (Fsp3) is 0.240. The van der Waals surface area contributed by atoms with Crippen LogP contribution < -0.4 is 10.1 Å². The van der Waals surface area contributed by atoms with Gasteiger partial charge in [0.15, 0.2) is 11.6 Å². The van der Waals surface area contributed by atoms with Crippen LogP contribution in [0.25, 0.3) is 22.3 Å². The zero-order valence-electron chi connectivity index (χ0n) is 18.9. The Bertz CT molecular complexity index is 1350. The number of nitrogens with one attached hydrogen (secondary N) is 2. The summed E-state index contributed by atoms with van der Waals surface area (Å²) in [6.45, 7) is 1.02. The summed E-state index contributed by atoms with van der Waals surface area (Å²) in [5.41, 5.74) is 1.11. The predicted octanol–water partition coefficient (Wildman–Crippen LogP) is 4.97. The molecule has 0 bridgehead atoms. The van der Waals surface area contributed by atoms with Gasteiger partial charge in [0.2, 0.25) is 0 Å². The molecule has 0 fully saturated rings. The van der Waals surface area contributed by atoms with Crippen LogP contribution in [0.15, 0.2) is 54.7 Å². The molecular formula is C25H22F4N4O3. The number of nitrogens with zero attached hydrogens (tertiary/aromatic N) is 2. The molecule has 11 heteroatoms. The van der Waals surface area contributed by atoms with Gasteiger partial charge in [0.25, 0.3) is 0 Å². The number of carboxylic acids is 1. The average Bonchev–Trinajstić information content (AvgIpc) is 3.22. The maximum atomic E-state index is 14.1. The third-order valence-electron chi connectivity index (χ3n) is 5.34. The number of carboxylic acid groups (broad SMARTS) is 1. The lowest BCUT2D eigenvalue weighted by molar-refractivity contribution is -0.138. The summed E-state index contributed by atoms with van der Waals surface area (Å²) in [7, 11) is 0. The third kappa shape index (κ3) is 6.36. The SMILES string of the molecule is O=C(O)Cc1cc2cc(OCCCNCc3nc(-c4ccc(C(F)(F)F)cc4)ncc3F)ccc2[nH]1. The van der Waals surface area contributed by atoms with Gasteiger partial charge in [0.05, 0.1) is 30.5 Å². The highest BCUT2D eigenvalue weighted by atomic mass is 19.4. The number of halogens is 4. The van der Waals surface area contributed by atoms with Crippen molar-refractivity contribution in [2.45, 2.75) is 25.6 Å². The number of ether oxygens (including phenoxy) is 1. The van der Waals surface area contributed by atoms with E-state index < -0.39 is 23.5 Å². The van der Waals surface area contributed by atoms with E-state index in [1.165, 1.54) is 12.1 Å². The predicted molar refractivity (Wildman–Crippen MR) is 124 cm³/mol. The summed E-state index contributed by atoms with van der Waals surface area (Å²) in [4.78, 5) is 21.9. The van der Waals surface area contributed by atoms with Crippen LogP contribution in [0.3, 0.4) is 0 Å². The Labute approximate surface area is 203 Å². The van der Waals surface area contributed by atoms with Gasteiger partial charge in [-0.3, -0.25) is 4.79 Å². The fourth-order valence-electron chi connectivity index (χ4n) is 3.59. The third-order valence-corrected chi connectivity index (χ3v) is 5.34. The van der Waals surface area contributed by atoms with E-state index in [1.807, 2.05) is 12.1 Å². The molecule has 2 aromatic heterocycles. The maximum Gasteiger partial charge on any atom is 0.416 e. The topological polar surface area (TPSA) is 100 Å². The Kier molecular flexibility index (Phi) is 7.49. The molecule has 0 radical (unpaired) electrons. The second-order valence-corrected chi connectivity index (χ2v) is 8.06. The summed E-state index contributed by atoms with van der Waals surface area (Å²) < 4.78 is 58.1. The zero-order valence-corrected chi connectivity index (χ0v) is 18.9. The number of aromatic amines is 1. The number of hydrogen-bond acceptors (Lipinski definition) is 5. The smallest absolute Gasteiger partial charge is 0.416 e.